The van der Waals surface area contributed by atoms with Crippen molar-refractivity contribution in [1.82, 2.24) is 19.6 Å². The molecule has 31 heavy (non-hydrogen) atoms. The highest BCUT2D eigenvalue weighted by atomic mass is 16.2. The van der Waals surface area contributed by atoms with Crippen LogP contribution >= 0.6 is 0 Å². The van der Waals surface area contributed by atoms with Crippen LogP contribution in [-0.2, 0) is 0 Å². The maximum atomic E-state index is 13.0. The molecule has 7 heteroatoms. The highest BCUT2D eigenvalue weighted by Gasteiger charge is 2.53. The Morgan fingerprint density at radius 1 is 1.26 bits per heavy atom. The van der Waals surface area contributed by atoms with Crippen molar-refractivity contribution < 1.29 is 9.59 Å². The summed E-state index contributed by atoms with van der Waals surface area (Å²) in [7, 11) is 0. The number of aromatic nitrogens is 2. The number of carbonyl (C=O) groups is 2. The number of carbonyl (C=O) groups excluding carboxylic acids is 2. The van der Waals surface area contributed by atoms with Gasteiger partial charge in [-0.3, -0.25) is 14.0 Å². The second kappa shape index (κ2) is 7.62. The first kappa shape index (κ1) is 20.5. The summed E-state index contributed by atoms with van der Waals surface area (Å²) < 4.78 is 1.74. The minimum atomic E-state index is -0.109. The van der Waals surface area contributed by atoms with Gasteiger partial charge in [0, 0.05) is 31.9 Å². The third-order valence-corrected chi connectivity index (χ3v) is 8.38. The Kier molecular flexibility index (Phi) is 5.04. The molecule has 166 valence electrons. The summed E-state index contributed by atoms with van der Waals surface area (Å²) in [6, 6.07) is 5.52. The summed E-state index contributed by atoms with van der Waals surface area (Å²) in [6.07, 6.45) is 7.37. The van der Waals surface area contributed by atoms with E-state index >= 15 is 0 Å². The summed E-state index contributed by atoms with van der Waals surface area (Å²) in [5.41, 5.74) is 7.74. The van der Waals surface area contributed by atoms with Gasteiger partial charge >= 0.3 is 0 Å². The van der Waals surface area contributed by atoms with Crippen LogP contribution in [0.15, 0.2) is 24.4 Å². The Bertz CT molecular complexity index is 1010. The van der Waals surface area contributed by atoms with Crippen molar-refractivity contribution in [1.29, 1.82) is 0 Å². The zero-order chi connectivity index (χ0) is 21.8. The number of nitrogens with zero attached hydrogens (tertiary/aromatic N) is 3. The van der Waals surface area contributed by atoms with Gasteiger partial charge in [0.25, 0.3) is 11.8 Å². The topological polar surface area (TPSA) is 92.7 Å². The number of nitrogens with two attached hydrogens (primary N) is 1. The number of fused-ring (bicyclic) bond motifs is 3. The smallest absolute Gasteiger partial charge is 0.274 e. The van der Waals surface area contributed by atoms with Gasteiger partial charge in [-0.2, -0.15) is 0 Å². The fourth-order valence-corrected chi connectivity index (χ4v) is 6.32. The second-order valence-electron chi connectivity index (χ2n) is 10.2. The van der Waals surface area contributed by atoms with Crippen molar-refractivity contribution in [3.8, 4) is 0 Å². The largest absolute Gasteiger partial charge is 0.350 e. The fourth-order valence-electron chi connectivity index (χ4n) is 6.32. The number of hydrogen-bond acceptors (Lipinski definition) is 4. The monoisotopic (exact) mass is 423 g/mol. The first-order valence-electron chi connectivity index (χ1n) is 11.7. The van der Waals surface area contributed by atoms with E-state index in [1.165, 1.54) is 19.3 Å². The molecule has 4 fully saturated rings. The lowest BCUT2D eigenvalue weighted by atomic mass is 9.45. The van der Waals surface area contributed by atoms with E-state index in [0.717, 1.165) is 18.8 Å². The van der Waals surface area contributed by atoms with E-state index in [-0.39, 0.29) is 17.9 Å². The van der Waals surface area contributed by atoms with Gasteiger partial charge in [0.15, 0.2) is 0 Å². The van der Waals surface area contributed by atoms with Crippen LogP contribution in [-0.4, -0.2) is 51.8 Å². The van der Waals surface area contributed by atoms with E-state index in [9.17, 15) is 9.59 Å². The van der Waals surface area contributed by atoms with Crippen LogP contribution < -0.4 is 11.1 Å². The SMILES string of the molecule is CC1(C)[C@H]2CC[C@@H](CNC(=O)c3cccc4nc(C(=O)N5CCC[C@@H]5CN)cn34)[C@H]1C2. The van der Waals surface area contributed by atoms with Crippen molar-refractivity contribution in [2.45, 2.75) is 52.0 Å². The molecule has 1 aliphatic heterocycles. The average Bonchev–Trinajstić information content (AvgIpc) is 3.43. The van der Waals surface area contributed by atoms with Crippen LogP contribution in [0, 0.1) is 23.2 Å². The van der Waals surface area contributed by atoms with Gasteiger partial charge in [-0.05, 0) is 67.4 Å². The molecule has 7 nitrogen and oxygen atoms in total. The Balaban J connectivity index is 1.32. The molecule has 2 aromatic heterocycles. The summed E-state index contributed by atoms with van der Waals surface area (Å²) in [5.74, 6) is 1.89. The third-order valence-electron chi connectivity index (χ3n) is 8.38. The normalized spacial score (nSPS) is 29.1. The lowest BCUT2D eigenvalue weighted by Crippen LogP contribution is -2.54. The summed E-state index contributed by atoms with van der Waals surface area (Å²) in [4.78, 5) is 32.4. The molecule has 0 spiro atoms. The van der Waals surface area contributed by atoms with Gasteiger partial charge in [-0.25, -0.2) is 4.98 Å². The number of likely N-dealkylation sites (tertiary alicyclic amines) is 1. The van der Waals surface area contributed by atoms with Crippen LogP contribution in [0.25, 0.3) is 5.65 Å². The Morgan fingerprint density at radius 2 is 2.10 bits per heavy atom. The van der Waals surface area contributed by atoms with Crippen molar-refractivity contribution in [2.24, 2.45) is 28.9 Å². The molecule has 2 bridgehead atoms. The molecule has 4 aliphatic rings. The number of amides is 2. The molecule has 0 radical (unpaired) electrons. The Labute approximate surface area is 183 Å². The highest BCUT2D eigenvalue weighted by molar-refractivity contribution is 5.95. The number of pyridine rings is 1. The first-order valence-corrected chi connectivity index (χ1v) is 11.7. The van der Waals surface area contributed by atoms with E-state index in [1.54, 1.807) is 16.7 Å². The molecule has 4 atom stereocenters. The number of hydrogen-bond donors (Lipinski definition) is 2. The van der Waals surface area contributed by atoms with Crippen molar-refractivity contribution in [3.63, 3.8) is 0 Å². The maximum Gasteiger partial charge on any atom is 0.274 e. The Hall–Kier alpha value is -2.41. The molecule has 3 aliphatic carbocycles. The quantitative estimate of drug-likeness (QED) is 0.773. The van der Waals surface area contributed by atoms with Gasteiger partial charge in [0.2, 0.25) is 0 Å². The molecule has 0 unspecified atom stereocenters. The van der Waals surface area contributed by atoms with E-state index in [0.29, 0.717) is 53.9 Å². The first-order chi connectivity index (χ1) is 14.9. The van der Waals surface area contributed by atoms with Gasteiger partial charge in [-0.1, -0.05) is 19.9 Å². The summed E-state index contributed by atoms with van der Waals surface area (Å²) in [6.45, 7) is 6.64. The minimum Gasteiger partial charge on any atom is -0.350 e. The molecule has 6 rings (SSSR count). The van der Waals surface area contributed by atoms with E-state index in [2.05, 4.69) is 24.1 Å². The average molecular weight is 424 g/mol. The number of imidazole rings is 1. The zero-order valence-electron chi connectivity index (χ0n) is 18.5. The fraction of sp³-hybridized carbons (Fsp3) is 0.625. The number of rotatable bonds is 5. The Morgan fingerprint density at radius 3 is 2.84 bits per heavy atom. The maximum absolute atomic E-state index is 13.0. The van der Waals surface area contributed by atoms with Crippen LogP contribution in [0.5, 0.6) is 0 Å². The van der Waals surface area contributed by atoms with Gasteiger partial charge in [0.1, 0.15) is 17.0 Å². The van der Waals surface area contributed by atoms with Gasteiger partial charge in [-0.15, -0.1) is 0 Å². The predicted octanol–water partition coefficient (Wildman–Crippen LogP) is 2.70. The standard InChI is InChI=1S/C24H33N5O2/c1-24(2)16-9-8-15(18(24)11-16)13-26-22(30)20-6-3-7-21-27-19(14-29(20)21)23(31)28-10-4-5-17(28)12-25/h3,6-7,14-18H,4-5,8-13,25H2,1-2H3,(H,26,30)/t15-,16-,17+,18+/m0/s1. The van der Waals surface area contributed by atoms with Crippen LogP contribution in [0.1, 0.15) is 66.9 Å². The third kappa shape index (κ3) is 3.34. The molecular weight excluding hydrogens is 390 g/mol. The zero-order valence-corrected chi connectivity index (χ0v) is 18.5. The lowest BCUT2D eigenvalue weighted by Gasteiger charge is -2.60. The van der Waals surface area contributed by atoms with Gasteiger partial charge in [0.05, 0.1) is 0 Å². The molecule has 2 aromatic rings. The van der Waals surface area contributed by atoms with Crippen molar-refractivity contribution in [3.05, 3.63) is 35.8 Å². The van der Waals surface area contributed by atoms with Crippen LogP contribution in [0.4, 0.5) is 0 Å². The van der Waals surface area contributed by atoms with E-state index in [4.69, 9.17) is 5.73 Å². The molecule has 3 N–H and O–H groups in total. The molecular formula is C24H33N5O2. The molecule has 2 amide bonds. The highest BCUT2D eigenvalue weighted by Crippen LogP contribution is 2.61. The summed E-state index contributed by atoms with van der Waals surface area (Å²) in [5, 5.41) is 3.16. The minimum absolute atomic E-state index is 0.0749. The van der Waals surface area contributed by atoms with E-state index < -0.39 is 0 Å². The van der Waals surface area contributed by atoms with E-state index in [1.807, 2.05) is 17.0 Å². The number of nitrogens with one attached hydrogen (secondary N) is 1. The molecule has 0 aromatic carbocycles. The molecule has 3 saturated carbocycles. The predicted molar refractivity (Wildman–Crippen MR) is 119 cm³/mol. The van der Waals surface area contributed by atoms with Crippen molar-refractivity contribution >= 4 is 17.5 Å². The van der Waals surface area contributed by atoms with Crippen molar-refractivity contribution in [2.75, 3.05) is 19.6 Å². The van der Waals surface area contributed by atoms with Gasteiger partial charge < -0.3 is 16.0 Å². The molecule has 3 heterocycles. The van der Waals surface area contributed by atoms with Crippen LogP contribution in [0.2, 0.25) is 0 Å². The molecule has 1 saturated heterocycles. The second-order valence-corrected chi connectivity index (χ2v) is 10.2. The lowest BCUT2D eigenvalue weighted by molar-refractivity contribution is -0.103. The van der Waals surface area contributed by atoms with Crippen LogP contribution in [0.3, 0.4) is 0 Å². The summed E-state index contributed by atoms with van der Waals surface area (Å²) >= 11 is 0.